The molecule has 2 aromatic rings. The van der Waals surface area contributed by atoms with Crippen LogP contribution in [0.4, 0.5) is 0 Å². The highest BCUT2D eigenvalue weighted by Gasteiger charge is 2.10. The van der Waals surface area contributed by atoms with E-state index in [4.69, 9.17) is 10.8 Å². The standard InChI is InChI=1S/C10H10N2O2S/c1-5(11)9-12-7-4-6(10(13)14)2-3-8(7)15-9/h2-5H,11H2,1H3,(H,13,14)/t5-/m0/s1. The van der Waals surface area contributed by atoms with E-state index in [0.717, 1.165) is 9.71 Å². The molecule has 0 aliphatic carbocycles. The van der Waals surface area contributed by atoms with Gasteiger partial charge in [-0.2, -0.15) is 0 Å². The number of rotatable bonds is 2. The molecule has 0 radical (unpaired) electrons. The van der Waals surface area contributed by atoms with Gasteiger partial charge in [-0.1, -0.05) is 0 Å². The summed E-state index contributed by atoms with van der Waals surface area (Å²) in [6.07, 6.45) is 0. The Hall–Kier alpha value is -1.46. The average molecular weight is 222 g/mol. The van der Waals surface area contributed by atoms with Crippen LogP contribution in [0.3, 0.4) is 0 Å². The monoisotopic (exact) mass is 222 g/mol. The van der Waals surface area contributed by atoms with Crippen LogP contribution in [0.1, 0.15) is 28.3 Å². The van der Waals surface area contributed by atoms with E-state index >= 15 is 0 Å². The Bertz CT molecular complexity index is 519. The summed E-state index contributed by atoms with van der Waals surface area (Å²) in [7, 11) is 0. The minimum absolute atomic E-state index is 0.115. The molecule has 0 spiro atoms. The molecule has 0 aliphatic heterocycles. The minimum Gasteiger partial charge on any atom is -0.478 e. The van der Waals surface area contributed by atoms with Crippen LogP contribution in [0.2, 0.25) is 0 Å². The fourth-order valence-electron chi connectivity index (χ4n) is 1.27. The molecule has 15 heavy (non-hydrogen) atoms. The summed E-state index contributed by atoms with van der Waals surface area (Å²) in [4.78, 5) is 15.0. The Morgan fingerprint density at radius 3 is 2.93 bits per heavy atom. The van der Waals surface area contributed by atoms with Gasteiger partial charge in [-0.25, -0.2) is 9.78 Å². The molecule has 2 rings (SSSR count). The maximum absolute atomic E-state index is 10.7. The van der Waals surface area contributed by atoms with Gasteiger partial charge >= 0.3 is 5.97 Å². The molecule has 0 saturated carbocycles. The lowest BCUT2D eigenvalue weighted by atomic mass is 10.2. The number of hydrogen-bond acceptors (Lipinski definition) is 4. The first-order chi connectivity index (χ1) is 7.08. The Kier molecular flexibility index (Phi) is 2.42. The molecule has 0 unspecified atom stereocenters. The first-order valence-electron chi connectivity index (χ1n) is 4.47. The number of carboxylic acid groups (broad SMARTS) is 1. The Balaban J connectivity index is 2.57. The van der Waals surface area contributed by atoms with Gasteiger partial charge in [0.1, 0.15) is 5.01 Å². The van der Waals surface area contributed by atoms with Crippen molar-refractivity contribution in [1.82, 2.24) is 4.98 Å². The molecule has 0 aliphatic rings. The van der Waals surface area contributed by atoms with Crippen molar-refractivity contribution in [3.63, 3.8) is 0 Å². The van der Waals surface area contributed by atoms with Crippen molar-refractivity contribution < 1.29 is 9.90 Å². The predicted octanol–water partition coefficient (Wildman–Crippen LogP) is 2.01. The molecule has 1 aromatic heterocycles. The lowest BCUT2D eigenvalue weighted by Gasteiger charge is -1.95. The van der Waals surface area contributed by atoms with Crippen molar-refractivity contribution in [2.24, 2.45) is 5.73 Å². The number of nitrogens with two attached hydrogens (primary N) is 1. The number of carbonyl (C=O) groups is 1. The smallest absolute Gasteiger partial charge is 0.335 e. The molecule has 78 valence electrons. The molecule has 5 heteroatoms. The van der Waals surface area contributed by atoms with E-state index in [1.807, 2.05) is 6.92 Å². The van der Waals surface area contributed by atoms with Gasteiger partial charge in [-0.15, -0.1) is 11.3 Å². The van der Waals surface area contributed by atoms with E-state index in [0.29, 0.717) is 5.52 Å². The second kappa shape index (κ2) is 3.60. The molecular formula is C10H10N2O2S. The molecule has 3 N–H and O–H groups in total. The molecule has 4 nitrogen and oxygen atoms in total. The second-order valence-corrected chi connectivity index (χ2v) is 4.39. The average Bonchev–Trinajstić information content (AvgIpc) is 2.59. The number of aromatic nitrogens is 1. The fourth-order valence-corrected chi connectivity index (χ4v) is 2.17. The second-order valence-electron chi connectivity index (χ2n) is 3.33. The van der Waals surface area contributed by atoms with Crippen molar-refractivity contribution in [3.8, 4) is 0 Å². The lowest BCUT2D eigenvalue weighted by Crippen LogP contribution is -2.03. The zero-order chi connectivity index (χ0) is 11.0. The summed E-state index contributed by atoms with van der Waals surface area (Å²) in [5, 5.41) is 9.64. The van der Waals surface area contributed by atoms with Gasteiger partial charge in [0.05, 0.1) is 21.8 Å². The summed E-state index contributed by atoms with van der Waals surface area (Å²) in [5.41, 5.74) is 6.66. The SMILES string of the molecule is C[C@H](N)c1nc2cc(C(=O)O)ccc2s1. The molecule has 0 bridgehead atoms. The number of carboxylic acids is 1. The van der Waals surface area contributed by atoms with Crippen LogP contribution in [0, 0.1) is 0 Å². The first kappa shape index (κ1) is 10.1. The molecule has 0 amide bonds. The molecule has 0 saturated heterocycles. The van der Waals surface area contributed by atoms with Crippen LogP contribution >= 0.6 is 11.3 Å². The number of hydrogen-bond donors (Lipinski definition) is 2. The number of benzene rings is 1. The van der Waals surface area contributed by atoms with E-state index in [1.165, 1.54) is 11.3 Å². The Morgan fingerprint density at radius 1 is 1.60 bits per heavy atom. The number of nitrogens with zero attached hydrogens (tertiary/aromatic N) is 1. The minimum atomic E-state index is -0.938. The normalized spacial score (nSPS) is 12.9. The van der Waals surface area contributed by atoms with Gasteiger partial charge in [0.15, 0.2) is 0 Å². The van der Waals surface area contributed by atoms with Gasteiger partial charge < -0.3 is 10.8 Å². The van der Waals surface area contributed by atoms with Crippen molar-refractivity contribution in [2.75, 3.05) is 0 Å². The van der Waals surface area contributed by atoms with Crippen molar-refractivity contribution in [2.45, 2.75) is 13.0 Å². The van der Waals surface area contributed by atoms with E-state index in [9.17, 15) is 4.79 Å². The van der Waals surface area contributed by atoms with Crippen LogP contribution in [0.15, 0.2) is 18.2 Å². The highest BCUT2D eigenvalue weighted by Crippen LogP contribution is 2.26. The highest BCUT2D eigenvalue weighted by molar-refractivity contribution is 7.18. The van der Waals surface area contributed by atoms with Crippen LogP contribution in [0.25, 0.3) is 10.2 Å². The van der Waals surface area contributed by atoms with Crippen LogP contribution < -0.4 is 5.73 Å². The summed E-state index contributed by atoms with van der Waals surface area (Å²) in [5.74, 6) is -0.938. The van der Waals surface area contributed by atoms with Crippen molar-refractivity contribution in [3.05, 3.63) is 28.8 Å². The lowest BCUT2D eigenvalue weighted by molar-refractivity contribution is 0.0697. The number of thiazole rings is 1. The predicted molar refractivity (Wildman–Crippen MR) is 59.2 cm³/mol. The zero-order valence-electron chi connectivity index (χ0n) is 8.10. The first-order valence-corrected chi connectivity index (χ1v) is 5.29. The molecule has 1 atom stereocenters. The molecule has 0 fully saturated rings. The highest BCUT2D eigenvalue weighted by atomic mass is 32.1. The third kappa shape index (κ3) is 1.84. The van der Waals surface area contributed by atoms with Gasteiger partial charge in [-0.3, -0.25) is 0 Å². The Morgan fingerprint density at radius 2 is 2.33 bits per heavy atom. The molecule has 1 aromatic carbocycles. The van der Waals surface area contributed by atoms with Crippen molar-refractivity contribution in [1.29, 1.82) is 0 Å². The summed E-state index contributed by atoms with van der Waals surface area (Å²) < 4.78 is 0.965. The van der Waals surface area contributed by atoms with Gasteiger partial charge in [0, 0.05) is 0 Å². The molecular weight excluding hydrogens is 212 g/mol. The van der Waals surface area contributed by atoms with E-state index in [-0.39, 0.29) is 11.6 Å². The fraction of sp³-hybridized carbons (Fsp3) is 0.200. The topological polar surface area (TPSA) is 76.2 Å². The maximum atomic E-state index is 10.7. The van der Waals surface area contributed by atoms with Gasteiger partial charge in [-0.05, 0) is 25.1 Å². The Labute approximate surface area is 90.4 Å². The quantitative estimate of drug-likeness (QED) is 0.815. The third-order valence-electron chi connectivity index (χ3n) is 2.04. The van der Waals surface area contributed by atoms with Crippen LogP contribution in [-0.2, 0) is 0 Å². The summed E-state index contributed by atoms with van der Waals surface area (Å²) in [6, 6.07) is 4.80. The van der Waals surface area contributed by atoms with Gasteiger partial charge in [0.2, 0.25) is 0 Å². The number of fused-ring (bicyclic) bond motifs is 1. The third-order valence-corrected chi connectivity index (χ3v) is 3.28. The van der Waals surface area contributed by atoms with Crippen LogP contribution in [-0.4, -0.2) is 16.1 Å². The van der Waals surface area contributed by atoms with Crippen molar-refractivity contribution >= 4 is 27.5 Å². The van der Waals surface area contributed by atoms with E-state index in [1.54, 1.807) is 18.2 Å². The number of aromatic carboxylic acids is 1. The zero-order valence-corrected chi connectivity index (χ0v) is 8.91. The van der Waals surface area contributed by atoms with Gasteiger partial charge in [0.25, 0.3) is 0 Å². The summed E-state index contributed by atoms with van der Waals surface area (Å²) in [6.45, 7) is 1.86. The summed E-state index contributed by atoms with van der Waals surface area (Å²) >= 11 is 1.50. The maximum Gasteiger partial charge on any atom is 0.335 e. The van der Waals surface area contributed by atoms with Crippen LogP contribution in [0.5, 0.6) is 0 Å². The largest absolute Gasteiger partial charge is 0.478 e. The van der Waals surface area contributed by atoms with E-state index < -0.39 is 5.97 Å². The van der Waals surface area contributed by atoms with E-state index in [2.05, 4.69) is 4.98 Å². The molecule has 1 heterocycles.